The third kappa shape index (κ3) is 6.78. The Kier molecular flexibility index (Phi) is 8.77. The van der Waals surface area contributed by atoms with Crippen LogP contribution in [0.1, 0.15) is 25.3 Å². The molecule has 9 nitrogen and oxygen atoms in total. The number of ether oxygens (including phenoxy) is 3. The second-order valence-electron chi connectivity index (χ2n) is 7.87. The molecule has 186 valence electrons. The lowest BCUT2D eigenvalue weighted by molar-refractivity contribution is -0.154. The summed E-state index contributed by atoms with van der Waals surface area (Å²) in [6.07, 6.45) is 1.35. The van der Waals surface area contributed by atoms with Crippen LogP contribution in [0.5, 0.6) is 11.5 Å². The topological polar surface area (TPSA) is 109 Å². The summed E-state index contributed by atoms with van der Waals surface area (Å²) in [6, 6.07) is 9.21. The lowest BCUT2D eigenvalue weighted by atomic mass is 10.1. The van der Waals surface area contributed by atoms with E-state index in [4.69, 9.17) is 14.2 Å². The Bertz CT molecular complexity index is 1240. The highest BCUT2D eigenvalue weighted by molar-refractivity contribution is 5.83. The SMILES string of the molecule is COc1cc2ncn(CCCC(=O)OC(C)C(=O)NCCc3ccc(F)cc3)c(=O)c2cc1OC. The van der Waals surface area contributed by atoms with Gasteiger partial charge in [0.15, 0.2) is 17.6 Å². The molecule has 3 rings (SSSR count). The van der Waals surface area contributed by atoms with Gasteiger partial charge in [-0.3, -0.25) is 19.0 Å². The van der Waals surface area contributed by atoms with Gasteiger partial charge in [0.25, 0.3) is 11.5 Å². The molecule has 10 heteroatoms. The first kappa shape index (κ1) is 25.7. The first-order chi connectivity index (χ1) is 16.8. The van der Waals surface area contributed by atoms with Gasteiger partial charge in [0.2, 0.25) is 0 Å². The predicted molar refractivity (Wildman–Crippen MR) is 127 cm³/mol. The number of methoxy groups -OCH3 is 2. The molecule has 0 saturated heterocycles. The van der Waals surface area contributed by atoms with E-state index < -0.39 is 18.0 Å². The first-order valence-corrected chi connectivity index (χ1v) is 11.1. The van der Waals surface area contributed by atoms with Gasteiger partial charge in [-0.25, -0.2) is 9.37 Å². The zero-order chi connectivity index (χ0) is 25.4. The standard InChI is InChI=1S/C25H28FN3O6/c1-16(24(31)27-11-10-17-6-8-18(26)9-7-17)35-23(30)5-4-12-29-15-28-20-14-22(34-3)21(33-2)13-19(20)25(29)32/h6-9,13-16H,4-5,10-12H2,1-3H3,(H,27,31). The average Bonchev–Trinajstić information content (AvgIpc) is 2.85. The predicted octanol–water partition coefficient (Wildman–Crippen LogP) is 2.62. The molecule has 35 heavy (non-hydrogen) atoms. The smallest absolute Gasteiger partial charge is 0.306 e. The van der Waals surface area contributed by atoms with Gasteiger partial charge in [0.05, 0.1) is 31.4 Å². The lowest BCUT2D eigenvalue weighted by Crippen LogP contribution is -2.36. The van der Waals surface area contributed by atoms with Crippen LogP contribution in [0, 0.1) is 5.82 Å². The first-order valence-electron chi connectivity index (χ1n) is 11.1. The molecule has 0 aliphatic carbocycles. The highest BCUT2D eigenvalue weighted by atomic mass is 19.1. The fraction of sp³-hybridized carbons (Fsp3) is 0.360. The van der Waals surface area contributed by atoms with E-state index >= 15 is 0 Å². The monoisotopic (exact) mass is 485 g/mol. The van der Waals surface area contributed by atoms with Crippen molar-refractivity contribution in [2.75, 3.05) is 20.8 Å². The highest BCUT2D eigenvalue weighted by Crippen LogP contribution is 2.29. The second kappa shape index (κ2) is 12.0. The third-order valence-electron chi connectivity index (χ3n) is 5.41. The number of carbonyl (C=O) groups is 2. The number of carbonyl (C=O) groups excluding carboxylic acids is 2. The summed E-state index contributed by atoms with van der Waals surface area (Å²) >= 11 is 0. The highest BCUT2D eigenvalue weighted by Gasteiger charge is 2.17. The van der Waals surface area contributed by atoms with Crippen molar-refractivity contribution in [3.8, 4) is 11.5 Å². The van der Waals surface area contributed by atoms with Crippen molar-refractivity contribution in [3.05, 3.63) is 64.5 Å². The summed E-state index contributed by atoms with van der Waals surface area (Å²) in [5.41, 5.74) is 1.09. The maximum absolute atomic E-state index is 12.9. The van der Waals surface area contributed by atoms with Crippen LogP contribution in [0.3, 0.4) is 0 Å². The summed E-state index contributed by atoms with van der Waals surface area (Å²) < 4.78 is 30.0. The Hall–Kier alpha value is -3.95. The number of aromatic nitrogens is 2. The molecule has 1 amide bonds. The molecule has 0 radical (unpaired) electrons. The van der Waals surface area contributed by atoms with Gasteiger partial charge < -0.3 is 19.5 Å². The van der Waals surface area contributed by atoms with Crippen molar-refractivity contribution in [2.24, 2.45) is 0 Å². The molecular formula is C25H28FN3O6. The largest absolute Gasteiger partial charge is 0.493 e. The Morgan fingerprint density at radius 3 is 2.49 bits per heavy atom. The Balaban J connectivity index is 1.46. The molecule has 1 unspecified atom stereocenters. The van der Waals surface area contributed by atoms with Gasteiger partial charge in [-0.2, -0.15) is 0 Å². The molecule has 1 atom stereocenters. The normalized spacial score (nSPS) is 11.7. The number of benzene rings is 2. The van der Waals surface area contributed by atoms with E-state index in [1.165, 1.54) is 44.2 Å². The molecule has 0 aliphatic rings. The van der Waals surface area contributed by atoms with E-state index in [0.29, 0.717) is 41.8 Å². The van der Waals surface area contributed by atoms with Gasteiger partial charge in [-0.05, 0) is 43.5 Å². The second-order valence-corrected chi connectivity index (χ2v) is 7.87. The summed E-state index contributed by atoms with van der Waals surface area (Å²) in [6.45, 7) is 2.08. The van der Waals surface area contributed by atoms with E-state index in [-0.39, 0.29) is 24.3 Å². The summed E-state index contributed by atoms with van der Waals surface area (Å²) in [4.78, 5) is 41.4. The molecule has 1 heterocycles. The quantitative estimate of drug-likeness (QED) is 0.416. The number of hydrogen-bond acceptors (Lipinski definition) is 7. The average molecular weight is 486 g/mol. The third-order valence-corrected chi connectivity index (χ3v) is 5.41. The number of aryl methyl sites for hydroxylation is 1. The molecule has 0 aliphatic heterocycles. The van der Waals surface area contributed by atoms with E-state index in [9.17, 15) is 18.8 Å². The van der Waals surface area contributed by atoms with Crippen LogP contribution >= 0.6 is 0 Å². The Morgan fingerprint density at radius 2 is 1.80 bits per heavy atom. The van der Waals surface area contributed by atoms with Crippen LogP contribution in [0.25, 0.3) is 10.9 Å². The molecule has 0 saturated carbocycles. The molecule has 3 aromatic rings. The number of nitrogens with one attached hydrogen (secondary N) is 1. The number of hydrogen-bond donors (Lipinski definition) is 1. The van der Waals surface area contributed by atoms with Crippen LogP contribution < -0.4 is 20.3 Å². The van der Waals surface area contributed by atoms with Crippen LogP contribution in [0.2, 0.25) is 0 Å². The van der Waals surface area contributed by atoms with Crippen LogP contribution in [-0.2, 0) is 27.3 Å². The van der Waals surface area contributed by atoms with Gasteiger partial charge in [0, 0.05) is 25.6 Å². The molecule has 0 spiro atoms. The van der Waals surface area contributed by atoms with Crippen molar-refractivity contribution < 1.29 is 28.2 Å². The number of fused-ring (bicyclic) bond motifs is 1. The minimum absolute atomic E-state index is 0.0314. The summed E-state index contributed by atoms with van der Waals surface area (Å²) in [7, 11) is 2.99. The molecule has 1 N–H and O–H groups in total. The van der Waals surface area contributed by atoms with E-state index in [1.54, 1.807) is 24.3 Å². The fourth-order valence-corrected chi connectivity index (χ4v) is 3.47. The van der Waals surface area contributed by atoms with Crippen molar-refractivity contribution in [1.82, 2.24) is 14.9 Å². The summed E-state index contributed by atoms with van der Waals surface area (Å²) in [5, 5.41) is 3.07. The molecular weight excluding hydrogens is 457 g/mol. The lowest BCUT2D eigenvalue weighted by Gasteiger charge is -2.14. The zero-order valence-corrected chi connectivity index (χ0v) is 19.9. The Morgan fingerprint density at radius 1 is 1.11 bits per heavy atom. The Labute approximate surface area is 201 Å². The molecule has 0 bridgehead atoms. The van der Waals surface area contributed by atoms with Crippen molar-refractivity contribution >= 4 is 22.8 Å². The minimum atomic E-state index is -0.955. The number of halogens is 1. The molecule has 1 aromatic heterocycles. The fourth-order valence-electron chi connectivity index (χ4n) is 3.47. The van der Waals surface area contributed by atoms with Crippen molar-refractivity contribution in [1.29, 1.82) is 0 Å². The maximum atomic E-state index is 12.9. The number of esters is 1. The van der Waals surface area contributed by atoms with Crippen molar-refractivity contribution in [3.63, 3.8) is 0 Å². The zero-order valence-electron chi connectivity index (χ0n) is 19.9. The number of rotatable bonds is 11. The van der Waals surface area contributed by atoms with E-state index in [1.807, 2.05) is 0 Å². The van der Waals surface area contributed by atoms with Gasteiger partial charge in [0.1, 0.15) is 5.82 Å². The van der Waals surface area contributed by atoms with Crippen LogP contribution in [-0.4, -0.2) is 48.3 Å². The minimum Gasteiger partial charge on any atom is -0.493 e. The van der Waals surface area contributed by atoms with Crippen LogP contribution in [0.15, 0.2) is 47.5 Å². The summed E-state index contributed by atoms with van der Waals surface area (Å²) in [5.74, 6) is -0.383. The van der Waals surface area contributed by atoms with Gasteiger partial charge in [-0.15, -0.1) is 0 Å². The molecule has 2 aromatic carbocycles. The maximum Gasteiger partial charge on any atom is 0.306 e. The van der Waals surface area contributed by atoms with Gasteiger partial charge in [-0.1, -0.05) is 12.1 Å². The molecule has 0 fully saturated rings. The number of amides is 1. The van der Waals surface area contributed by atoms with Crippen molar-refractivity contribution in [2.45, 2.75) is 38.8 Å². The number of nitrogens with zero attached hydrogens (tertiary/aromatic N) is 2. The van der Waals surface area contributed by atoms with E-state index in [2.05, 4.69) is 10.3 Å². The van der Waals surface area contributed by atoms with Gasteiger partial charge >= 0.3 is 5.97 Å². The van der Waals surface area contributed by atoms with E-state index in [0.717, 1.165) is 5.56 Å². The van der Waals surface area contributed by atoms with Crippen LogP contribution in [0.4, 0.5) is 4.39 Å².